The summed E-state index contributed by atoms with van der Waals surface area (Å²) in [7, 11) is 0. The molecule has 0 aromatic heterocycles. The third-order valence-corrected chi connectivity index (χ3v) is 2.18. The van der Waals surface area contributed by atoms with Crippen LogP contribution in [0.4, 0.5) is 0 Å². The molecule has 7 nitrogen and oxygen atoms in total. The first-order valence-electron chi connectivity index (χ1n) is 4.39. The van der Waals surface area contributed by atoms with Gasteiger partial charge in [0.2, 0.25) is 0 Å². The summed E-state index contributed by atoms with van der Waals surface area (Å²) in [4.78, 5) is 2.31. The number of hydrogen-bond donors (Lipinski definition) is 1. The predicted octanol–water partition coefficient (Wildman–Crippen LogP) is -0.252. The zero-order valence-corrected chi connectivity index (χ0v) is 11.5. The van der Waals surface area contributed by atoms with Crippen molar-refractivity contribution in [2.24, 2.45) is 0 Å². The summed E-state index contributed by atoms with van der Waals surface area (Å²) >= 11 is 3.01. The molecule has 0 unspecified atom stereocenters. The van der Waals surface area contributed by atoms with Crippen LogP contribution in [0.1, 0.15) is 13.3 Å². The summed E-state index contributed by atoms with van der Waals surface area (Å²) in [6.45, 7) is 28.1. The fourth-order valence-corrected chi connectivity index (χ4v) is 1.48. The third kappa shape index (κ3) is 26.6. The molecule has 8 heteroatoms. The molecule has 1 saturated heterocycles. The van der Waals surface area contributed by atoms with Crippen LogP contribution in [0, 0.1) is 33.3 Å². The van der Waals surface area contributed by atoms with Gasteiger partial charge in [-0.3, -0.25) is 0 Å². The van der Waals surface area contributed by atoms with E-state index in [1.54, 1.807) is 0 Å². The average molecular weight is 304 g/mol. The van der Waals surface area contributed by atoms with Crippen LogP contribution in [-0.4, -0.2) is 29.2 Å². The van der Waals surface area contributed by atoms with Crippen molar-refractivity contribution in [2.45, 2.75) is 13.3 Å². The van der Waals surface area contributed by atoms with Crippen molar-refractivity contribution in [3.05, 3.63) is 33.3 Å². The predicted molar refractivity (Wildman–Crippen MR) is 54.5 cm³/mol. The molecule has 0 aromatic rings. The molecule has 0 aliphatic carbocycles. The molecule has 0 spiro atoms. The van der Waals surface area contributed by atoms with E-state index in [1.807, 2.05) is 0 Å². The summed E-state index contributed by atoms with van der Waals surface area (Å²) < 4.78 is 38.7. The molecule has 0 atom stereocenters. The number of rotatable bonds is 1. The molecule has 1 heterocycles. The van der Waals surface area contributed by atoms with E-state index in [0.717, 1.165) is 13.1 Å². The Morgan fingerprint density at radius 3 is 1.58 bits per heavy atom. The Hall–Kier alpha value is -0.978. The van der Waals surface area contributed by atoms with E-state index in [1.165, 1.54) is 17.6 Å². The van der Waals surface area contributed by atoms with E-state index in [2.05, 4.69) is 66.2 Å². The molecule has 0 amide bonds. The van der Waals surface area contributed by atoms with Gasteiger partial charge in [-0.1, -0.05) is 0 Å². The average Bonchev–Trinajstić information content (AvgIpc) is 2.57. The topological polar surface area (TPSA) is 115 Å². The zero-order chi connectivity index (χ0) is 16.7. The van der Waals surface area contributed by atoms with Crippen molar-refractivity contribution < 1.29 is 39.1 Å². The summed E-state index contributed by atoms with van der Waals surface area (Å²) in [6.07, 6.45) is 1.26. The van der Waals surface area contributed by atoms with Gasteiger partial charge in [-0.15, -0.1) is 0 Å². The van der Waals surface area contributed by atoms with Gasteiger partial charge in [-0.25, -0.2) is 0 Å². The van der Waals surface area contributed by atoms with Crippen molar-refractivity contribution in [3.8, 4) is 0 Å². The molecule has 0 saturated carbocycles. The quantitative estimate of drug-likeness (QED) is 0.531. The first-order chi connectivity index (χ1) is 9.34. The zero-order valence-electron chi connectivity index (χ0n) is 10.2. The Morgan fingerprint density at radius 2 is 1.37 bits per heavy atom. The molecule has 1 aliphatic heterocycles. The first-order valence-corrected chi connectivity index (χ1v) is 5.03. The molecule has 0 bridgehead atoms. The van der Waals surface area contributed by atoms with Crippen LogP contribution in [0.3, 0.4) is 0 Å². The van der Waals surface area contributed by atoms with Gasteiger partial charge in [0.1, 0.15) is 0 Å². The first kappa shape index (κ1) is 30.8. The molecule has 19 heavy (non-hydrogen) atoms. The van der Waals surface area contributed by atoms with Crippen molar-refractivity contribution in [1.29, 1.82) is 0 Å². The van der Waals surface area contributed by atoms with Crippen LogP contribution in [0.2, 0.25) is 0 Å². The fourth-order valence-electron chi connectivity index (χ4n) is 0.980. The second kappa shape index (κ2) is 43.5. The summed E-state index contributed by atoms with van der Waals surface area (Å²) in [5, 5.41) is 3.27. The Labute approximate surface area is 120 Å². The van der Waals surface area contributed by atoms with Gasteiger partial charge in [-0.2, -0.15) is 0 Å². The Bertz CT molecular complexity index is 248. The number of nitrogens with one attached hydrogen (secondary N) is 1. The van der Waals surface area contributed by atoms with Crippen molar-refractivity contribution >= 4 is 4.63 Å². The molecular formula is C11H12CrN2O5. The molecule has 1 fully saturated rings. The third-order valence-electron chi connectivity index (χ3n) is 1.55. The summed E-state index contributed by atoms with van der Waals surface area (Å²) in [5.74, 6) is 0. The van der Waals surface area contributed by atoms with Gasteiger partial charge < -0.3 is 0 Å². The van der Waals surface area contributed by atoms with E-state index in [-0.39, 0.29) is 0 Å². The van der Waals surface area contributed by atoms with Gasteiger partial charge in [0.15, 0.2) is 0 Å². The van der Waals surface area contributed by atoms with Gasteiger partial charge in [-0.05, 0) is 0 Å². The minimum absolute atomic E-state index is 1.11. The maximum absolute atomic E-state index is 7.50. The molecule has 1 N–H and O–H groups in total. The van der Waals surface area contributed by atoms with Crippen LogP contribution in [0.25, 0.3) is 0 Å². The van der Waals surface area contributed by atoms with E-state index >= 15 is 0 Å². The Morgan fingerprint density at radius 1 is 1.00 bits per heavy atom. The van der Waals surface area contributed by atoms with Crippen LogP contribution in [0.15, 0.2) is 0 Å². The Kier molecular flexibility index (Phi) is 70.5. The van der Waals surface area contributed by atoms with E-state index in [4.69, 9.17) is 23.3 Å². The number of nitrogens with zero attached hydrogens (tertiary/aromatic N) is 1. The number of hydrogen-bond acceptors (Lipinski definition) is 2. The standard InChI is InChI=1S/C6H12N2.5CO.Cr/c1-2-8-5-3-4-7-6-8;5*1-2;/h7H,2-5H2,1H3;;;;;;. The van der Waals surface area contributed by atoms with Gasteiger partial charge >= 0.3 is 120 Å². The van der Waals surface area contributed by atoms with E-state index in [0.29, 0.717) is 0 Å². The SMILES string of the molecule is CCN1CCCN[C]1=[Cr].[C-]#[O+].[C-]#[O+].[C-]#[O+].[C-]#[O+].[C-]#[O+]. The molecule has 0 aromatic carbocycles. The van der Waals surface area contributed by atoms with E-state index < -0.39 is 0 Å². The summed E-state index contributed by atoms with van der Waals surface area (Å²) in [6, 6.07) is 0. The van der Waals surface area contributed by atoms with Crippen LogP contribution >= 0.6 is 0 Å². The van der Waals surface area contributed by atoms with E-state index in [9.17, 15) is 0 Å². The Balaban J connectivity index is -0.0000000557. The second-order valence-corrected chi connectivity index (χ2v) is 2.77. The molecule has 1 rings (SSSR count). The summed E-state index contributed by atoms with van der Waals surface area (Å²) in [5.41, 5.74) is 0. The van der Waals surface area contributed by atoms with Crippen LogP contribution in [-0.2, 0) is 39.1 Å². The van der Waals surface area contributed by atoms with Gasteiger partial charge in [0.05, 0.1) is 0 Å². The van der Waals surface area contributed by atoms with Gasteiger partial charge in [0.25, 0.3) is 0 Å². The van der Waals surface area contributed by atoms with Crippen molar-refractivity contribution in [2.75, 3.05) is 19.6 Å². The normalized spacial score (nSPS) is 11.2. The van der Waals surface area contributed by atoms with Gasteiger partial charge in [0, 0.05) is 0 Å². The molecule has 0 radical (unpaired) electrons. The minimum atomic E-state index is 1.11. The monoisotopic (exact) mass is 304 g/mol. The fraction of sp³-hybridized carbons (Fsp3) is 0.455. The van der Waals surface area contributed by atoms with Crippen LogP contribution < -0.4 is 5.32 Å². The van der Waals surface area contributed by atoms with Crippen molar-refractivity contribution in [3.63, 3.8) is 0 Å². The van der Waals surface area contributed by atoms with Crippen LogP contribution in [0.5, 0.6) is 0 Å². The van der Waals surface area contributed by atoms with Crippen molar-refractivity contribution in [1.82, 2.24) is 10.2 Å². The second-order valence-electron chi connectivity index (χ2n) is 2.17. The molecular weight excluding hydrogens is 292 g/mol. The molecule has 102 valence electrons. The molecule has 1 aliphatic rings. The maximum atomic E-state index is 7.50.